The Balaban J connectivity index is 1.29. The van der Waals surface area contributed by atoms with Crippen molar-refractivity contribution in [1.29, 1.82) is 0 Å². The van der Waals surface area contributed by atoms with E-state index in [0.29, 0.717) is 18.0 Å². The lowest BCUT2D eigenvalue weighted by atomic mass is 10.1. The van der Waals surface area contributed by atoms with Crippen molar-refractivity contribution in [3.63, 3.8) is 0 Å². The minimum Gasteiger partial charge on any atom is -0.367 e. The molecule has 0 fully saturated rings. The fourth-order valence-corrected chi connectivity index (χ4v) is 4.49. The van der Waals surface area contributed by atoms with Crippen LogP contribution in [-0.2, 0) is 30.8 Å². The molecule has 1 aliphatic rings. The molecule has 0 spiro atoms. The molecular weight excluding hydrogens is 394 g/mol. The van der Waals surface area contributed by atoms with E-state index in [9.17, 15) is 9.59 Å². The molecule has 2 heterocycles. The Morgan fingerprint density at radius 3 is 2.50 bits per heavy atom. The maximum Gasteiger partial charge on any atom is 0.261 e. The highest BCUT2D eigenvalue weighted by atomic mass is 32.1. The van der Waals surface area contributed by atoms with Crippen LogP contribution in [0.15, 0.2) is 60.7 Å². The molecule has 1 aliphatic heterocycles. The Morgan fingerprint density at radius 1 is 0.933 bits per heavy atom. The van der Waals surface area contributed by atoms with E-state index in [1.54, 1.807) is 6.07 Å². The van der Waals surface area contributed by atoms with Gasteiger partial charge >= 0.3 is 0 Å². The van der Waals surface area contributed by atoms with Gasteiger partial charge in [-0.25, -0.2) is 0 Å². The number of para-hydroxylation sites is 1. The van der Waals surface area contributed by atoms with Crippen molar-refractivity contribution in [1.82, 2.24) is 10.6 Å². The van der Waals surface area contributed by atoms with Crippen molar-refractivity contribution < 1.29 is 9.59 Å². The number of anilines is 1. The minimum atomic E-state index is -0.0909. The molecule has 1 aromatic heterocycles. The summed E-state index contributed by atoms with van der Waals surface area (Å²) in [6, 6.07) is 20.7. The van der Waals surface area contributed by atoms with Crippen LogP contribution in [-0.4, -0.2) is 18.4 Å². The Hall–Kier alpha value is -3.12. The SMILES string of the molecule is CC(=O)NCc1ccc(C(=O)NCc2ccc(CN3CCc4ccccc43)cc2)s1. The van der Waals surface area contributed by atoms with Crippen molar-refractivity contribution in [2.75, 3.05) is 11.4 Å². The van der Waals surface area contributed by atoms with Crippen LogP contribution in [0.4, 0.5) is 5.69 Å². The number of amides is 2. The molecule has 5 nitrogen and oxygen atoms in total. The molecule has 2 amide bonds. The average molecular weight is 420 g/mol. The molecule has 0 aliphatic carbocycles. The van der Waals surface area contributed by atoms with E-state index in [2.05, 4.69) is 64.1 Å². The van der Waals surface area contributed by atoms with Gasteiger partial charge in [0.1, 0.15) is 0 Å². The number of carbonyl (C=O) groups excluding carboxylic acids is 2. The van der Waals surface area contributed by atoms with Gasteiger partial charge in [0.05, 0.1) is 11.4 Å². The number of rotatable bonds is 7. The third-order valence-corrected chi connectivity index (χ3v) is 6.31. The molecule has 154 valence electrons. The first kappa shape index (κ1) is 20.2. The zero-order chi connectivity index (χ0) is 20.9. The van der Waals surface area contributed by atoms with Gasteiger partial charge in [0.15, 0.2) is 0 Å². The van der Waals surface area contributed by atoms with Gasteiger partial charge in [0.25, 0.3) is 5.91 Å². The number of benzene rings is 2. The fourth-order valence-electron chi connectivity index (χ4n) is 3.63. The lowest BCUT2D eigenvalue weighted by molar-refractivity contribution is -0.119. The predicted molar refractivity (Wildman–Crippen MR) is 121 cm³/mol. The largest absolute Gasteiger partial charge is 0.367 e. The Labute approximate surface area is 180 Å². The van der Waals surface area contributed by atoms with Gasteiger partial charge in [-0.05, 0) is 41.3 Å². The number of hydrogen-bond acceptors (Lipinski definition) is 4. The molecule has 6 heteroatoms. The molecule has 0 bridgehead atoms. The first-order valence-electron chi connectivity index (χ1n) is 10.1. The lowest BCUT2D eigenvalue weighted by Crippen LogP contribution is -2.22. The molecular formula is C24H25N3O2S. The fraction of sp³-hybridized carbons (Fsp3) is 0.250. The second-order valence-electron chi connectivity index (χ2n) is 7.48. The number of carbonyl (C=O) groups is 2. The monoisotopic (exact) mass is 419 g/mol. The van der Waals surface area contributed by atoms with Gasteiger partial charge in [0.2, 0.25) is 5.91 Å². The predicted octanol–water partition coefficient (Wildman–Crippen LogP) is 3.88. The summed E-state index contributed by atoms with van der Waals surface area (Å²) >= 11 is 1.40. The summed E-state index contributed by atoms with van der Waals surface area (Å²) in [7, 11) is 0. The van der Waals surface area contributed by atoms with Gasteiger partial charge in [0, 0.05) is 37.1 Å². The summed E-state index contributed by atoms with van der Waals surface area (Å²) in [5.74, 6) is -0.168. The van der Waals surface area contributed by atoms with Crippen LogP contribution in [0.2, 0.25) is 0 Å². The third-order valence-electron chi connectivity index (χ3n) is 5.23. The van der Waals surface area contributed by atoms with Gasteiger partial charge in [-0.3, -0.25) is 9.59 Å². The number of fused-ring (bicyclic) bond motifs is 1. The van der Waals surface area contributed by atoms with E-state index in [1.165, 1.54) is 35.1 Å². The topological polar surface area (TPSA) is 61.4 Å². The standard InChI is InChI=1S/C24H25N3O2S/c1-17(28)25-15-21-10-11-23(30-21)24(29)26-14-18-6-8-19(9-7-18)16-27-13-12-20-4-2-3-5-22(20)27/h2-11H,12-16H2,1H3,(H,25,28)(H,26,29). The summed E-state index contributed by atoms with van der Waals surface area (Å²) in [5.41, 5.74) is 5.10. The van der Waals surface area contributed by atoms with Crippen LogP contribution in [0, 0.1) is 0 Å². The maximum atomic E-state index is 12.4. The van der Waals surface area contributed by atoms with Crippen molar-refractivity contribution in [3.8, 4) is 0 Å². The second-order valence-corrected chi connectivity index (χ2v) is 8.64. The molecule has 0 radical (unpaired) electrons. The summed E-state index contributed by atoms with van der Waals surface area (Å²) in [6.07, 6.45) is 1.11. The zero-order valence-electron chi connectivity index (χ0n) is 17.0. The highest BCUT2D eigenvalue weighted by Crippen LogP contribution is 2.28. The first-order chi connectivity index (χ1) is 14.6. The van der Waals surface area contributed by atoms with Crippen LogP contribution < -0.4 is 15.5 Å². The maximum absolute atomic E-state index is 12.4. The first-order valence-corrected chi connectivity index (χ1v) is 10.9. The van der Waals surface area contributed by atoms with Crippen molar-refractivity contribution >= 4 is 28.8 Å². The lowest BCUT2D eigenvalue weighted by Gasteiger charge is -2.19. The molecule has 2 N–H and O–H groups in total. The molecule has 30 heavy (non-hydrogen) atoms. The molecule has 0 saturated carbocycles. The van der Waals surface area contributed by atoms with Gasteiger partial charge < -0.3 is 15.5 Å². The number of nitrogens with zero attached hydrogens (tertiary/aromatic N) is 1. The quantitative estimate of drug-likeness (QED) is 0.611. The molecule has 0 unspecified atom stereocenters. The molecule has 2 aromatic carbocycles. The molecule has 4 rings (SSSR count). The van der Waals surface area contributed by atoms with Crippen LogP contribution in [0.5, 0.6) is 0 Å². The normalized spacial score (nSPS) is 12.5. The van der Waals surface area contributed by atoms with E-state index in [4.69, 9.17) is 0 Å². The smallest absolute Gasteiger partial charge is 0.261 e. The van der Waals surface area contributed by atoms with Gasteiger partial charge in [-0.2, -0.15) is 0 Å². The second kappa shape index (κ2) is 9.13. The van der Waals surface area contributed by atoms with E-state index >= 15 is 0 Å². The average Bonchev–Trinajstić information content (AvgIpc) is 3.39. The number of nitrogens with one attached hydrogen (secondary N) is 2. The molecule has 0 atom stereocenters. The molecule has 0 saturated heterocycles. The van der Waals surface area contributed by atoms with E-state index < -0.39 is 0 Å². The number of hydrogen-bond donors (Lipinski definition) is 2. The van der Waals surface area contributed by atoms with Crippen molar-refractivity contribution in [2.45, 2.75) is 33.0 Å². The van der Waals surface area contributed by atoms with Crippen LogP contribution in [0.1, 0.15) is 38.2 Å². The van der Waals surface area contributed by atoms with Gasteiger partial charge in [-0.1, -0.05) is 42.5 Å². The highest BCUT2D eigenvalue weighted by molar-refractivity contribution is 7.14. The number of thiophene rings is 1. The third kappa shape index (κ3) is 4.89. The van der Waals surface area contributed by atoms with Crippen molar-refractivity contribution in [2.24, 2.45) is 0 Å². The highest BCUT2D eigenvalue weighted by Gasteiger charge is 2.18. The Bertz CT molecular complexity index is 1040. The molecule has 3 aromatic rings. The zero-order valence-corrected chi connectivity index (χ0v) is 17.8. The van der Waals surface area contributed by atoms with Gasteiger partial charge in [-0.15, -0.1) is 11.3 Å². The minimum absolute atomic E-state index is 0.0770. The summed E-state index contributed by atoms with van der Waals surface area (Å²) < 4.78 is 0. The van der Waals surface area contributed by atoms with E-state index in [0.717, 1.165) is 30.0 Å². The Kier molecular flexibility index (Phi) is 6.14. The summed E-state index contributed by atoms with van der Waals surface area (Å²) in [4.78, 5) is 27.4. The summed E-state index contributed by atoms with van der Waals surface area (Å²) in [6.45, 7) is 4.38. The van der Waals surface area contributed by atoms with Crippen LogP contribution in [0.3, 0.4) is 0 Å². The van der Waals surface area contributed by atoms with Crippen LogP contribution in [0.25, 0.3) is 0 Å². The summed E-state index contributed by atoms with van der Waals surface area (Å²) in [5, 5.41) is 5.72. The Morgan fingerprint density at radius 2 is 1.70 bits per heavy atom. The van der Waals surface area contributed by atoms with Crippen LogP contribution >= 0.6 is 11.3 Å². The van der Waals surface area contributed by atoms with E-state index in [-0.39, 0.29) is 11.8 Å². The van der Waals surface area contributed by atoms with E-state index in [1.807, 2.05) is 6.07 Å². The van der Waals surface area contributed by atoms with Crippen molar-refractivity contribution in [3.05, 3.63) is 87.1 Å².